The highest BCUT2D eigenvalue weighted by atomic mass is 79.9. The summed E-state index contributed by atoms with van der Waals surface area (Å²) in [6, 6.07) is 5.82. The average Bonchev–Trinajstić information content (AvgIpc) is 3.15. The first-order valence-corrected chi connectivity index (χ1v) is 7.14. The number of hydrogen-bond donors (Lipinski definition) is 1. The second kappa shape index (κ2) is 4.36. The molecule has 0 spiro atoms. The third-order valence-corrected chi connectivity index (χ3v) is 4.62. The Kier molecular flexibility index (Phi) is 2.99. The fourth-order valence-corrected chi connectivity index (χ4v) is 2.80. The van der Waals surface area contributed by atoms with E-state index in [-0.39, 0.29) is 5.82 Å². The van der Waals surface area contributed by atoms with Crippen molar-refractivity contribution in [2.75, 3.05) is 6.54 Å². The van der Waals surface area contributed by atoms with E-state index in [1.165, 1.54) is 31.2 Å². The maximum absolute atomic E-state index is 13.0. The van der Waals surface area contributed by atoms with Crippen LogP contribution in [0.25, 0.3) is 0 Å². The highest BCUT2D eigenvalue weighted by Crippen LogP contribution is 2.49. The highest BCUT2D eigenvalue weighted by Gasteiger charge is 2.43. The van der Waals surface area contributed by atoms with Crippen molar-refractivity contribution in [2.24, 2.45) is 5.41 Å². The van der Waals surface area contributed by atoms with Gasteiger partial charge >= 0.3 is 0 Å². The summed E-state index contributed by atoms with van der Waals surface area (Å²) >= 11 is 3.46. The summed E-state index contributed by atoms with van der Waals surface area (Å²) < 4.78 is 13.9. The summed E-state index contributed by atoms with van der Waals surface area (Å²) in [4.78, 5) is 0. The minimum Gasteiger partial charge on any atom is -0.313 e. The molecule has 1 aromatic rings. The van der Waals surface area contributed by atoms with Crippen LogP contribution in [0.5, 0.6) is 0 Å². The number of hydrogen-bond acceptors (Lipinski definition) is 1. The van der Waals surface area contributed by atoms with Gasteiger partial charge in [-0.05, 0) is 55.2 Å². The molecule has 17 heavy (non-hydrogen) atoms. The molecule has 1 nitrogen and oxygen atoms in total. The fraction of sp³-hybridized carbons (Fsp3) is 0.571. The van der Waals surface area contributed by atoms with Gasteiger partial charge in [-0.3, -0.25) is 0 Å². The van der Waals surface area contributed by atoms with Crippen LogP contribution >= 0.6 is 15.9 Å². The molecule has 0 amide bonds. The Labute approximate surface area is 110 Å². The topological polar surface area (TPSA) is 12.0 Å². The van der Waals surface area contributed by atoms with Crippen LogP contribution in [0.1, 0.15) is 31.2 Å². The predicted octanol–water partition coefficient (Wildman–Crippen LogP) is 3.66. The second-order valence-corrected chi connectivity index (χ2v) is 6.42. The number of rotatable bonds is 5. The van der Waals surface area contributed by atoms with E-state index >= 15 is 0 Å². The van der Waals surface area contributed by atoms with Crippen LogP contribution < -0.4 is 5.32 Å². The SMILES string of the molecule is Fc1ccc(CC2(CNC3CC3)CC2)c(Br)c1. The predicted molar refractivity (Wildman–Crippen MR) is 70.5 cm³/mol. The van der Waals surface area contributed by atoms with E-state index in [4.69, 9.17) is 0 Å². The molecular weight excluding hydrogens is 281 g/mol. The first-order valence-electron chi connectivity index (χ1n) is 6.34. The molecule has 0 aliphatic heterocycles. The summed E-state index contributed by atoms with van der Waals surface area (Å²) in [5.74, 6) is -0.165. The van der Waals surface area contributed by atoms with E-state index in [2.05, 4.69) is 21.2 Å². The number of benzene rings is 1. The molecule has 2 saturated carbocycles. The molecule has 0 saturated heterocycles. The Bertz CT molecular complexity index is 424. The molecule has 3 rings (SSSR count). The van der Waals surface area contributed by atoms with Gasteiger partial charge < -0.3 is 5.32 Å². The molecule has 2 aliphatic rings. The first kappa shape index (κ1) is 11.7. The maximum Gasteiger partial charge on any atom is 0.124 e. The van der Waals surface area contributed by atoms with Crippen LogP contribution in [-0.2, 0) is 6.42 Å². The molecule has 0 aromatic heterocycles. The van der Waals surface area contributed by atoms with Gasteiger partial charge in [0.2, 0.25) is 0 Å². The van der Waals surface area contributed by atoms with Gasteiger partial charge in [-0.15, -0.1) is 0 Å². The van der Waals surface area contributed by atoms with E-state index in [1.807, 2.05) is 6.07 Å². The van der Waals surface area contributed by atoms with Crippen LogP contribution in [0, 0.1) is 11.2 Å². The first-order chi connectivity index (χ1) is 8.17. The Balaban J connectivity index is 1.64. The highest BCUT2D eigenvalue weighted by molar-refractivity contribution is 9.10. The summed E-state index contributed by atoms with van der Waals surface area (Å²) in [6.45, 7) is 1.13. The lowest BCUT2D eigenvalue weighted by atomic mass is 9.96. The zero-order valence-electron chi connectivity index (χ0n) is 9.81. The molecule has 0 heterocycles. The molecule has 92 valence electrons. The largest absolute Gasteiger partial charge is 0.313 e. The van der Waals surface area contributed by atoms with E-state index < -0.39 is 0 Å². The summed E-state index contributed by atoms with van der Waals surface area (Å²) in [5.41, 5.74) is 1.68. The minimum absolute atomic E-state index is 0.165. The zero-order valence-corrected chi connectivity index (χ0v) is 11.4. The summed E-state index contributed by atoms with van der Waals surface area (Å²) in [7, 11) is 0. The van der Waals surface area contributed by atoms with Crippen molar-refractivity contribution in [3.8, 4) is 0 Å². The summed E-state index contributed by atoms with van der Waals surface area (Å²) in [6.07, 6.45) is 6.35. The van der Waals surface area contributed by atoms with Gasteiger partial charge in [-0.1, -0.05) is 22.0 Å². The van der Waals surface area contributed by atoms with E-state index in [0.717, 1.165) is 23.5 Å². The van der Waals surface area contributed by atoms with Gasteiger partial charge in [0.25, 0.3) is 0 Å². The van der Waals surface area contributed by atoms with Gasteiger partial charge in [0.05, 0.1) is 0 Å². The van der Waals surface area contributed by atoms with Crippen LogP contribution in [0.2, 0.25) is 0 Å². The van der Waals surface area contributed by atoms with E-state index in [9.17, 15) is 4.39 Å². The standard InChI is InChI=1S/C14H17BrFN/c15-13-7-11(16)2-1-10(13)8-14(5-6-14)9-17-12-3-4-12/h1-2,7,12,17H,3-6,8-9H2. The van der Waals surface area contributed by atoms with Crippen LogP contribution in [0.15, 0.2) is 22.7 Å². The van der Waals surface area contributed by atoms with Gasteiger partial charge in [-0.25, -0.2) is 4.39 Å². The monoisotopic (exact) mass is 297 g/mol. The minimum atomic E-state index is -0.165. The molecule has 0 bridgehead atoms. The van der Waals surface area contributed by atoms with Crippen molar-refractivity contribution in [2.45, 2.75) is 38.1 Å². The Morgan fingerprint density at radius 3 is 2.71 bits per heavy atom. The Hall–Kier alpha value is -0.410. The molecule has 3 heteroatoms. The maximum atomic E-state index is 13.0. The molecule has 0 atom stereocenters. The lowest BCUT2D eigenvalue weighted by Crippen LogP contribution is -2.27. The van der Waals surface area contributed by atoms with Gasteiger partial charge in [0.1, 0.15) is 5.82 Å². The van der Waals surface area contributed by atoms with Gasteiger partial charge in [-0.2, -0.15) is 0 Å². The lowest BCUT2D eigenvalue weighted by Gasteiger charge is -2.17. The third kappa shape index (κ3) is 2.89. The molecule has 2 aliphatic carbocycles. The molecular formula is C14H17BrFN. The molecule has 0 radical (unpaired) electrons. The normalized spacial score (nSPS) is 21.5. The van der Waals surface area contributed by atoms with Crippen molar-refractivity contribution >= 4 is 15.9 Å². The van der Waals surface area contributed by atoms with E-state index in [1.54, 1.807) is 12.1 Å². The Morgan fingerprint density at radius 2 is 2.12 bits per heavy atom. The smallest absolute Gasteiger partial charge is 0.124 e. The van der Waals surface area contributed by atoms with Crippen molar-refractivity contribution in [1.82, 2.24) is 5.32 Å². The summed E-state index contributed by atoms with van der Waals surface area (Å²) in [5, 5.41) is 3.62. The zero-order chi connectivity index (χ0) is 11.9. The number of halogens is 2. The fourth-order valence-electron chi connectivity index (χ4n) is 2.31. The van der Waals surface area contributed by atoms with Crippen LogP contribution in [0.4, 0.5) is 4.39 Å². The van der Waals surface area contributed by atoms with E-state index in [0.29, 0.717) is 5.41 Å². The van der Waals surface area contributed by atoms with Crippen LogP contribution in [0.3, 0.4) is 0 Å². The molecule has 2 fully saturated rings. The van der Waals surface area contributed by atoms with Crippen LogP contribution in [-0.4, -0.2) is 12.6 Å². The molecule has 1 N–H and O–H groups in total. The van der Waals surface area contributed by atoms with Gasteiger partial charge in [0, 0.05) is 17.1 Å². The molecule has 0 unspecified atom stereocenters. The number of nitrogens with one attached hydrogen (secondary N) is 1. The van der Waals surface area contributed by atoms with Crippen molar-refractivity contribution in [3.63, 3.8) is 0 Å². The van der Waals surface area contributed by atoms with Gasteiger partial charge in [0.15, 0.2) is 0 Å². The molecule has 1 aromatic carbocycles. The quantitative estimate of drug-likeness (QED) is 0.874. The van der Waals surface area contributed by atoms with Crippen molar-refractivity contribution < 1.29 is 4.39 Å². The van der Waals surface area contributed by atoms with Crippen molar-refractivity contribution in [3.05, 3.63) is 34.1 Å². The lowest BCUT2D eigenvalue weighted by molar-refractivity contribution is 0.452. The average molecular weight is 298 g/mol. The van der Waals surface area contributed by atoms with Crippen molar-refractivity contribution in [1.29, 1.82) is 0 Å². The second-order valence-electron chi connectivity index (χ2n) is 5.57. The Morgan fingerprint density at radius 1 is 1.35 bits per heavy atom. The third-order valence-electron chi connectivity index (χ3n) is 3.88.